The van der Waals surface area contributed by atoms with Crippen LogP contribution in [0.3, 0.4) is 0 Å². The minimum Gasteiger partial charge on any atom is -0.493 e. The monoisotopic (exact) mass is 413 g/mol. The highest BCUT2D eigenvalue weighted by Crippen LogP contribution is 2.42. The number of methoxy groups -OCH3 is 2. The van der Waals surface area contributed by atoms with Crippen LogP contribution in [-0.4, -0.2) is 31.6 Å². The number of ether oxygens (including phenoxy) is 2. The molecule has 2 aromatic carbocycles. The molecule has 0 bridgehead atoms. The van der Waals surface area contributed by atoms with Gasteiger partial charge in [-0.25, -0.2) is 0 Å². The predicted octanol–water partition coefficient (Wildman–Crippen LogP) is 5.21. The summed E-state index contributed by atoms with van der Waals surface area (Å²) in [5, 5.41) is 2.59. The van der Waals surface area contributed by atoms with Crippen LogP contribution < -0.4 is 9.47 Å². The molecule has 28 heavy (non-hydrogen) atoms. The first kappa shape index (κ1) is 18.8. The van der Waals surface area contributed by atoms with E-state index in [9.17, 15) is 4.79 Å². The highest BCUT2D eigenvalue weighted by Gasteiger charge is 2.34. The number of carbonyl (C=O) groups is 1. The molecule has 0 saturated heterocycles. The van der Waals surface area contributed by atoms with Crippen molar-refractivity contribution < 1.29 is 14.3 Å². The largest absolute Gasteiger partial charge is 0.493 e. The number of amides is 1. The van der Waals surface area contributed by atoms with Crippen molar-refractivity contribution in [3.05, 3.63) is 80.5 Å². The molecule has 0 spiro atoms. The Hall–Kier alpha value is -2.50. The lowest BCUT2D eigenvalue weighted by atomic mass is 9.90. The fourth-order valence-electron chi connectivity index (χ4n) is 3.71. The molecule has 4 rings (SSSR count). The Kier molecular flexibility index (Phi) is 5.29. The molecule has 2 heterocycles. The molecule has 4 nitrogen and oxygen atoms in total. The van der Waals surface area contributed by atoms with E-state index >= 15 is 0 Å². The number of hydrogen-bond acceptors (Lipinski definition) is 4. The summed E-state index contributed by atoms with van der Waals surface area (Å²) in [5.41, 5.74) is 2.84. The van der Waals surface area contributed by atoms with Crippen LogP contribution in [0.1, 0.15) is 32.4 Å². The topological polar surface area (TPSA) is 38.8 Å². The predicted molar refractivity (Wildman–Crippen MR) is 112 cm³/mol. The van der Waals surface area contributed by atoms with Crippen molar-refractivity contribution in [3.63, 3.8) is 0 Å². The van der Waals surface area contributed by atoms with Crippen LogP contribution >= 0.6 is 22.9 Å². The number of rotatable bonds is 4. The zero-order valence-corrected chi connectivity index (χ0v) is 17.2. The first-order chi connectivity index (χ1) is 13.6. The third-order valence-corrected chi connectivity index (χ3v) is 6.18. The van der Waals surface area contributed by atoms with Crippen LogP contribution in [0.5, 0.6) is 11.5 Å². The Morgan fingerprint density at radius 3 is 2.57 bits per heavy atom. The van der Waals surface area contributed by atoms with Crippen LogP contribution in [0.15, 0.2) is 53.9 Å². The first-order valence-electron chi connectivity index (χ1n) is 8.97. The summed E-state index contributed by atoms with van der Waals surface area (Å²) in [4.78, 5) is 16.4. The number of thiophene rings is 1. The molecule has 1 atom stereocenters. The molecule has 0 N–H and O–H groups in total. The zero-order chi connectivity index (χ0) is 19.7. The number of halogens is 1. The van der Waals surface area contributed by atoms with E-state index in [0.29, 0.717) is 28.6 Å². The average molecular weight is 414 g/mol. The Morgan fingerprint density at radius 1 is 1.11 bits per heavy atom. The summed E-state index contributed by atoms with van der Waals surface area (Å²) < 4.78 is 11.0. The minimum absolute atomic E-state index is 0.0265. The van der Waals surface area contributed by atoms with E-state index in [4.69, 9.17) is 21.1 Å². The molecule has 1 aromatic heterocycles. The van der Waals surface area contributed by atoms with E-state index in [1.165, 1.54) is 5.56 Å². The molecule has 0 aliphatic carbocycles. The fraction of sp³-hybridized carbons (Fsp3) is 0.227. The van der Waals surface area contributed by atoms with Crippen LogP contribution in [-0.2, 0) is 6.42 Å². The SMILES string of the molecule is COc1cc2c(cc1OC)C(c1cccs1)N(C(=O)c1cccc(Cl)c1)CC2. The Labute approximate surface area is 173 Å². The van der Waals surface area contributed by atoms with E-state index in [1.807, 2.05) is 40.6 Å². The molecule has 0 fully saturated rings. The van der Waals surface area contributed by atoms with Gasteiger partial charge in [0.15, 0.2) is 11.5 Å². The summed E-state index contributed by atoms with van der Waals surface area (Å²) in [6, 6.07) is 15.0. The number of benzene rings is 2. The second-order valence-electron chi connectivity index (χ2n) is 6.58. The van der Waals surface area contributed by atoms with Gasteiger partial charge in [-0.1, -0.05) is 23.7 Å². The summed E-state index contributed by atoms with van der Waals surface area (Å²) >= 11 is 7.76. The highest BCUT2D eigenvalue weighted by atomic mass is 35.5. The smallest absolute Gasteiger partial charge is 0.254 e. The number of hydrogen-bond donors (Lipinski definition) is 0. The van der Waals surface area contributed by atoms with Gasteiger partial charge in [0.2, 0.25) is 0 Å². The number of nitrogens with zero attached hydrogens (tertiary/aromatic N) is 1. The molecular formula is C22H20ClNO3S. The zero-order valence-electron chi connectivity index (χ0n) is 15.6. The second-order valence-corrected chi connectivity index (χ2v) is 8.00. The summed E-state index contributed by atoms with van der Waals surface area (Å²) in [5.74, 6) is 1.35. The molecule has 0 radical (unpaired) electrons. The quantitative estimate of drug-likeness (QED) is 0.589. The lowest BCUT2D eigenvalue weighted by molar-refractivity contribution is 0.0697. The molecule has 3 aromatic rings. The third-order valence-electron chi connectivity index (χ3n) is 5.02. The maximum Gasteiger partial charge on any atom is 0.254 e. The van der Waals surface area contributed by atoms with Gasteiger partial charge in [-0.15, -0.1) is 11.3 Å². The molecule has 1 amide bonds. The summed E-state index contributed by atoms with van der Waals surface area (Å²) in [6.45, 7) is 0.621. The molecule has 6 heteroatoms. The lowest BCUT2D eigenvalue weighted by Crippen LogP contribution is -2.40. The highest BCUT2D eigenvalue weighted by molar-refractivity contribution is 7.10. The van der Waals surface area contributed by atoms with Gasteiger partial charge in [0.05, 0.1) is 20.3 Å². The Morgan fingerprint density at radius 2 is 1.89 bits per heavy atom. The fourth-order valence-corrected chi connectivity index (χ4v) is 4.75. The van der Waals surface area contributed by atoms with Gasteiger partial charge in [0, 0.05) is 22.0 Å². The van der Waals surface area contributed by atoms with Gasteiger partial charge in [-0.05, 0) is 59.3 Å². The Bertz CT molecular complexity index is 1000. The standard InChI is InChI=1S/C22H20ClNO3S/c1-26-18-12-14-8-9-24(22(25)15-5-3-6-16(23)11-15)21(20-7-4-10-28-20)17(14)13-19(18)27-2/h3-7,10-13,21H,8-9H2,1-2H3. The molecule has 0 saturated carbocycles. The van der Waals surface area contributed by atoms with E-state index in [2.05, 4.69) is 6.07 Å². The van der Waals surface area contributed by atoms with E-state index in [1.54, 1.807) is 37.7 Å². The molecular weight excluding hydrogens is 394 g/mol. The van der Waals surface area contributed by atoms with Gasteiger partial charge < -0.3 is 14.4 Å². The lowest BCUT2D eigenvalue weighted by Gasteiger charge is -2.37. The van der Waals surface area contributed by atoms with Gasteiger partial charge in [-0.2, -0.15) is 0 Å². The van der Waals surface area contributed by atoms with E-state index in [-0.39, 0.29) is 11.9 Å². The van der Waals surface area contributed by atoms with Crippen LogP contribution in [0, 0.1) is 0 Å². The summed E-state index contributed by atoms with van der Waals surface area (Å²) in [7, 11) is 3.26. The van der Waals surface area contributed by atoms with Crippen LogP contribution in [0.4, 0.5) is 0 Å². The van der Waals surface area contributed by atoms with E-state index < -0.39 is 0 Å². The van der Waals surface area contributed by atoms with Crippen LogP contribution in [0.2, 0.25) is 5.02 Å². The van der Waals surface area contributed by atoms with Gasteiger partial charge in [-0.3, -0.25) is 4.79 Å². The maximum absolute atomic E-state index is 13.4. The molecule has 1 aliphatic rings. The van der Waals surface area contributed by atoms with Crippen molar-refractivity contribution in [2.75, 3.05) is 20.8 Å². The first-order valence-corrected chi connectivity index (χ1v) is 10.2. The van der Waals surface area contributed by atoms with Crippen molar-refractivity contribution in [1.82, 2.24) is 4.90 Å². The average Bonchev–Trinajstić information content (AvgIpc) is 3.25. The molecule has 1 unspecified atom stereocenters. The van der Waals surface area contributed by atoms with Crippen molar-refractivity contribution in [2.24, 2.45) is 0 Å². The number of fused-ring (bicyclic) bond motifs is 1. The van der Waals surface area contributed by atoms with Gasteiger partial charge in [0.25, 0.3) is 5.91 Å². The molecule has 1 aliphatic heterocycles. The van der Waals surface area contributed by atoms with Crippen molar-refractivity contribution in [2.45, 2.75) is 12.5 Å². The van der Waals surface area contributed by atoms with Gasteiger partial charge >= 0.3 is 0 Å². The third kappa shape index (κ3) is 3.36. The van der Waals surface area contributed by atoms with Crippen LogP contribution in [0.25, 0.3) is 0 Å². The Balaban J connectivity index is 1.82. The molecule has 144 valence electrons. The minimum atomic E-state index is -0.171. The van der Waals surface area contributed by atoms with Crippen molar-refractivity contribution in [1.29, 1.82) is 0 Å². The normalized spacial score (nSPS) is 15.8. The maximum atomic E-state index is 13.4. The number of carbonyl (C=O) groups excluding carboxylic acids is 1. The van der Waals surface area contributed by atoms with E-state index in [0.717, 1.165) is 16.9 Å². The van der Waals surface area contributed by atoms with Gasteiger partial charge in [0.1, 0.15) is 0 Å². The van der Waals surface area contributed by atoms with Crippen molar-refractivity contribution >= 4 is 28.8 Å². The van der Waals surface area contributed by atoms with Crippen molar-refractivity contribution in [3.8, 4) is 11.5 Å². The second kappa shape index (κ2) is 7.86. The summed E-state index contributed by atoms with van der Waals surface area (Å²) in [6.07, 6.45) is 0.754.